The minimum Gasteiger partial charge on any atom is -0.481 e. The van der Waals surface area contributed by atoms with Gasteiger partial charge in [0.2, 0.25) is 5.95 Å². The number of morpholine rings is 1. The number of nitrogens with zero attached hydrogens (tertiary/aromatic N) is 4. The quantitative estimate of drug-likeness (QED) is 0.516. The summed E-state index contributed by atoms with van der Waals surface area (Å²) in [5.41, 5.74) is 0.986. The van der Waals surface area contributed by atoms with Gasteiger partial charge in [0.25, 0.3) is 0 Å². The highest BCUT2D eigenvalue weighted by Crippen LogP contribution is 2.33. The number of likely N-dealkylation sites (tertiary alicyclic amines) is 1. The molecule has 0 radical (unpaired) electrons. The zero-order valence-electron chi connectivity index (χ0n) is 20.0. The fraction of sp³-hybridized carbons (Fsp3) is 0.560. The summed E-state index contributed by atoms with van der Waals surface area (Å²) in [5.74, 6) is -0.769. The lowest BCUT2D eigenvalue weighted by molar-refractivity contribution is -0.141. The van der Waals surface area contributed by atoms with Crippen LogP contribution in [-0.2, 0) is 33.4 Å². The minimum atomic E-state index is -4.50. The maximum atomic E-state index is 13.1. The smallest absolute Gasteiger partial charge is 0.433 e. The first-order chi connectivity index (χ1) is 17.2. The van der Waals surface area contributed by atoms with Crippen LogP contribution in [0.5, 0.6) is 0 Å². The Bertz CT molecular complexity index is 1030. The first kappa shape index (κ1) is 26.3. The fourth-order valence-corrected chi connectivity index (χ4v) is 4.69. The summed E-state index contributed by atoms with van der Waals surface area (Å²) in [6, 6.07) is 9.18. The summed E-state index contributed by atoms with van der Waals surface area (Å²) in [6.45, 7) is 4.48. The number of hydrogen-bond acceptors (Lipinski definition) is 7. The molecule has 2 fully saturated rings. The standard InChI is InChI=1S/C25H31F3N4O4/c26-25(27,28)21-4-9-29-23(30-21)32-12-15-36-24(18-32)7-10-31(11-8-24)17-20-3-1-2-19(16-20)5-13-35-14-6-22(33)34/h1-4,9,16H,5-8,10-15,17-18H2,(H,33,34). The van der Waals surface area contributed by atoms with E-state index in [9.17, 15) is 18.0 Å². The second-order valence-corrected chi connectivity index (χ2v) is 9.29. The van der Waals surface area contributed by atoms with Gasteiger partial charge in [-0.1, -0.05) is 24.3 Å². The van der Waals surface area contributed by atoms with Crippen molar-refractivity contribution in [1.82, 2.24) is 14.9 Å². The second kappa shape index (κ2) is 11.5. The van der Waals surface area contributed by atoms with Crippen molar-refractivity contribution in [2.45, 2.75) is 44.0 Å². The predicted octanol–water partition coefficient (Wildman–Crippen LogP) is 3.40. The third kappa shape index (κ3) is 7.14. The molecule has 11 heteroatoms. The molecule has 0 aliphatic carbocycles. The van der Waals surface area contributed by atoms with E-state index in [1.54, 1.807) is 4.90 Å². The van der Waals surface area contributed by atoms with Crippen LogP contribution in [0.3, 0.4) is 0 Å². The Morgan fingerprint density at radius 2 is 1.92 bits per heavy atom. The highest BCUT2D eigenvalue weighted by Gasteiger charge is 2.41. The van der Waals surface area contributed by atoms with Gasteiger partial charge in [-0.05, 0) is 36.5 Å². The number of carbonyl (C=O) groups is 1. The molecule has 0 unspecified atom stereocenters. The first-order valence-corrected chi connectivity index (χ1v) is 12.1. The fourth-order valence-electron chi connectivity index (χ4n) is 4.69. The Morgan fingerprint density at radius 3 is 2.67 bits per heavy atom. The van der Waals surface area contributed by atoms with Gasteiger partial charge in [0.1, 0.15) is 5.69 Å². The van der Waals surface area contributed by atoms with Crippen LogP contribution in [0.15, 0.2) is 36.5 Å². The van der Waals surface area contributed by atoms with Gasteiger partial charge >= 0.3 is 12.1 Å². The van der Waals surface area contributed by atoms with Crippen molar-refractivity contribution in [2.24, 2.45) is 0 Å². The van der Waals surface area contributed by atoms with E-state index >= 15 is 0 Å². The lowest BCUT2D eigenvalue weighted by Crippen LogP contribution is -2.57. The number of anilines is 1. The van der Waals surface area contributed by atoms with Gasteiger partial charge in [0.15, 0.2) is 0 Å². The van der Waals surface area contributed by atoms with E-state index in [4.69, 9.17) is 14.6 Å². The van der Waals surface area contributed by atoms with Crippen molar-refractivity contribution in [3.63, 3.8) is 0 Å². The third-order valence-electron chi connectivity index (χ3n) is 6.62. The predicted molar refractivity (Wildman–Crippen MR) is 126 cm³/mol. The highest BCUT2D eigenvalue weighted by atomic mass is 19.4. The van der Waals surface area contributed by atoms with Gasteiger partial charge < -0.3 is 19.5 Å². The summed E-state index contributed by atoms with van der Waals surface area (Å²) >= 11 is 0. The van der Waals surface area contributed by atoms with E-state index in [0.29, 0.717) is 26.3 Å². The van der Waals surface area contributed by atoms with Gasteiger partial charge in [-0.15, -0.1) is 0 Å². The average Bonchev–Trinajstić information content (AvgIpc) is 2.85. The van der Waals surface area contributed by atoms with Crippen molar-refractivity contribution in [3.8, 4) is 0 Å². The number of piperidine rings is 1. The van der Waals surface area contributed by atoms with E-state index in [1.165, 1.54) is 5.56 Å². The maximum Gasteiger partial charge on any atom is 0.433 e. The highest BCUT2D eigenvalue weighted by molar-refractivity contribution is 5.66. The number of halogens is 3. The van der Waals surface area contributed by atoms with E-state index in [2.05, 4.69) is 27.0 Å². The lowest BCUT2D eigenvalue weighted by atomic mass is 9.89. The van der Waals surface area contributed by atoms with Gasteiger partial charge in [-0.3, -0.25) is 9.69 Å². The van der Waals surface area contributed by atoms with Gasteiger partial charge in [0.05, 0.1) is 38.4 Å². The molecule has 4 rings (SSSR count). The van der Waals surface area contributed by atoms with Crippen LogP contribution >= 0.6 is 0 Å². The summed E-state index contributed by atoms with van der Waals surface area (Å²) in [6.07, 6.45) is -1.06. The summed E-state index contributed by atoms with van der Waals surface area (Å²) in [7, 11) is 0. The third-order valence-corrected chi connectivity index (χ3v) is 6.62. The number of carboxylic acids is 1. The average molecular weight is 509 g/mol. The van der Waals surface area contributed by atoms with Gasteiger partial charge in [-0.25, -0.2) is 9.97 Å². The molecule has 0 amide bonds. The van der Waals surface area contributed by atoms with E-state index < -0.39 is 23.4 Å². The van der Waals surface area contributed by atoms with Crippen LogP contribution in [0, 0.1) is 0 Å². The Balaban J connectivity index is 1.28. The van der Waals surface area contributed by atoms with Gasteiger partial charge in [-0.2, -0.15) is 13.2 Å². The van der Waals surface area contributed by atoms with Gasteiger partial charge in [0, 0.05) is 32.4 Å². The van der Waals surface area contributed by atoms with Crippen molar-refractivity contribution in [2.75, 3.05) is 50.9 Å². The number of rotatable bonds is 9. The van der Waals surface area contributed by atoms with Crippen molar-refractivity contribution < 1.29 is 32.5 Å². The molecule has 36 heavy (non-hydrogen) atoms. The molecule has 2 aliphatic heterocycles. The second-order valence-electron chi connectivity index (χ2n) is 9.29. The lowest BCUT2D eigenvalue weighted by Gasteiger charge is -2.47. The summed E-state index contributed by atoms with van der Waals surface area (Å²) < 4.78 is 50.8. The molecule has 2 aliphatic rings. The van der Waals surface area contributed by atoms with Crippen LogP contribution in [-0.4, -0.2) is 77.5 Å². The molecule has 2 aromatic rings. The topological polar surface area (TPSA) is 88.0 Å². The van der Waals surface area contributed by atoms with Crippen LogP contribution < -0.4 is 4.90 Å². The molecule has 1 N–H and O–H groups in total. The molecular formula is C25H31F3N4O4. The number of alkyl halides is 3. The van der Waals surface area contributed by atoms with E-state index in [-0.39, 0.29) is 19.0 Å². The molecular weight excluding hydrogens is 477 g/mol. The first-order valence-electron chi connectivity index (χ1n) is 12.1. The van der Waals surface area contributed by atoms with Crippen molar-refractivity contribution >= 4 is 11.9 Å². The zero-order chi connectivity index (χ0) is 25.6. The molecule has 0 saturated carbocycles. The number of aliphatic carboxylic acids is 1. The number of ether oxygens (including phenoxy) is 2. The normalized spacial score (nSPS) is 18.5. The molecule has 8 nitrogen and oxygen atoms in total. The Labute approximate surface area is 208 Å². The van der Waals surface area contributed by atoms with Crippen LogP contribution in [0.4, 0.5) is 19.1 Å². The summed E-state index contributed by atoms with van der Waals surface area (Å²) in [4.78, 5) is 22.6. The minimum absolute atomic E-state index is 0.00489. The number of hydrogen-bond donors (Lipinski definition) is 1. The monoisotopic (exact) mass is 508 g/mol. The van der Waals surface area contributed by atoms with Crippen LogP contribution in [0.1, 0.15) is 36.1 Å². The largest absolute Gasteiger partial charge is 0.481 e. The van der Waals surface area contributed by atoms with Crippen LogP contribution in [0.2, 0.25) is 0 Å². The molecule has 0 atom stereocenters. The maximum absolute atomic E-state index is 13.1. The number of aromatic nitrogens is 2. The SMILES string of the molecule is O=C(O)CCOCCc1cccc(CN2CCC3(CC2)CN(c2nccc(C(F)(F)F)n2)CCO3)c1. The molecule has 196 valence electrons. The van der Waals surface area contributed by atoms with E-state index in [1.807, 2.05) is 12.1 Å². The summed E-state index contributed by atoms with van der Waals surface area (Å²) in [5, 5.41) is 8.67. The Hall–Kier alpha value is -2.76. The molecule has 1 spiro atoms. The van der Waals surface area contributed by atoms with Crippen molar-refractivity contribution in [1.29, 1.82) is 0 Å². The van der Waals surface area contributed by atoms with Crippen LogP contribution in [0.25, 0.3) is 0 Å². The molecule has 3 heterocycles. The molecule has 1 aromatic carbocycles. The molecule has 0 bridgehead atoms. The van der Waals surface area contributed by atoms with E-state index in [0.717, 1.165) is 56.7 Å². The molecule has 2 saturated heterocycles. The zero-order valence-corrected chi connectivity index (χ0v) is 20.0. The molecule has 1 aromatic heterocycles. The Kier molecular flexibility index (Phi) is 8.43. The van der Waals surface area contributed by atoms with Crippen molar-refractivity contribution in [3.05, 3.63) is 53.3 Å². The number of carboxylic acid groups (broad SMARTS) is 1. The number of benzene rings is 1. The Morgan fingerprint density at radius 1 is 1.14 bits per heavy atom.